The summed E-state index contributed by atoms with van der Waals surface area (Å²) in [5.41, 5.74) is 4.35. The van der Waals surface area contributed by atoms with Crippen molar-refractivity contribution in [1.82, 2.24) is 15.4 Å². The number of ether oxygens (including phenoxy) is 2. The lowest BCUT2D eigenvalue weighted by molar-refractivity contribution is 0.142. The van der Waals surface area contributed by atoms with Crippen LogP contribution in [-0.2, 0) is 4.74 Å². The van der Waals surface area contributed by atoms with Crippen LogP contribution >= 0.6 is 34.8 Å². The van der Waals surface area contributed by atoms with Crippen molar-refractivity contribution in [2.24, 2.45) is 5.10 Å². The zero-order valence-corrected chi connectivity index (χ0v) is 22.3. The minimum atomic E-state index is -0.632. The summed E-state index contributed by atoms with van der Waals surface area (Å²) in [5, 5.41) is 11.0. The molecule has 1 fully saturated rings. The summed E-state index contributed by atoms with van der Waals surface area (Å²) in [6.45, 7) is 1.01. The van der Waals surface area contributed by atoms with Crippen molar-refractivity contribution in [3.8, 4) is 5.75 Å². The number of nitrogens with zero attached hydrogens (tertiary/aromatic N) is 3. The van der Waals surface area contributed by atoms with Gasteiger partial charge in [-0.3, -0.25) is 0 Å². The van der Waals surface area contributed by atoms with Gasteiger partial charge in [0.1, 0.15) is 29.8 Å². The van der Waals surface area contributed by atoms with Gasteiger partial charge in [-0.2, -0.15) is 5.10 Å². The Balaban J connectivity index is 1.42. The van der Waals surface area contributed by atoms with Crippen molar-refractivity contribution in [3.05, 3.63) is 81.3 Å². The van der Waals surface area contributed by atoms with Gasteiger partial charge in [-0.25, -0.2) is 24.6 Å². The van der Waals surface area contributed by atoms with Crippen LogP contribution in [0.25, 0.3) is 10.9 Å². The van der Waals surface area contributed by atoms with Gasteiger partial charge in [0.05, 0.1) is 45.7 Å². The van der Waals surface area contributed by atoms with Crippen LogP contribution in [0, 0.1) is 5.82 Å². The van der Waals surface area contributed by atoms with Crippen LogP contribution in [0.15, 0.2) is 60.0 Å². The molecule has 0 radical (unpaired) electrons. The number of fused-ring (bicyclic) bond motifs is 1. The normalized spacial score (nSPS) is 15.0. The van der Waals surface area contributed by atoms with Crippen LogP contribution in [-0.4, -0.2) is 41.5 Å². The number of hydrogen-bond donors (Lipinski definition) is 3. The Morgan fingerprint density at radius 3 is 2.79 bits per heavy atom. The Morgan fingerprint density at radius 2 is 2.00 bits per heavy atom. The third-order valence-electron chi connectivity index (χ3n) is 5.70. The molecule has 39 heavy (non-hydrogen) atoms. The monoisotopic (exact) mass is 588 g/mol. The number of anilines is 3. The van der Waals surface area contributed by atoms with Gasteiger partial charge in [0, 0.05) is 29.1 Å². The first-order valence-electron chi connectivity index (χ1n) is 11.7. The highest BCUT2D eigenvalue weighted by Gasteiger charge is 2.21. The number of nitrogens with one attached hydrogen (secondary N) is 3. The molecule has 0 saturated carbocycles. The molecular weight excluding hydrogens is 570 g/mol. The standard InChI is InChI=1S/C26H20Cl3FN6O3/c27-18-3-1-2-14(24(18)29)11-33-36-26(37)35-22-9-17-21(10-23(22)39-16-6-7-38-12-16)31-13-32-25(17)34-15-4-5-20(30)19(28)8-15/h1-5,8-11,13,16H,6-7,12H2,(H,31,32,34)(H2,35,36,37)/b33-11+/t16-/m0/s1. The van der Waals surface area contributed by atoms with Crippen molar-refractivity contribution in [1.29, 1.82) is 0 Å². The largest absolute Gasteiger partial charge is 0.486 e. The molecule has 1 saturated heterocycles. The SMILES string of the molecule is O=C(N/N=C/c1cccc(Cl)c1Cl)Nc1cc2c(Nc3ccc(F)c(Cl)c3)ncnc2cc1O[C@H]1CCOC1. The summed E-state index contributed by atoms with van der Waals surface area (Å²) in [7, 11) is 0. The highest BCUT2D eigenvalue weighted by molar-refractivity contribution is 6.43. The lowest BCUT2D eigenvalue weighted by atomic mass is 10.1. The number of urea groups is 1. The molecule has 0 bridgehead atoms. The second-order valence-electron chi connectivity index (χ2n) is 8.41. The van der Waals surface area contributed by atoms with E-state index in [1.54, 1.807) is 30.3 Å². The van der Waals surface area contributed by atoms with E-state index < -0.39 is 11.8 Å². The van der Waals surface area contributed by atoms with E-state index in [0.717, 1.165) is 0 Å². The fourth-order valence-corrected chi connectivity index (χ4v) is 4.34. The fraction of sp³-hybridized carbons (Fsp3) is 0.154. The Hall–Kier alpha value is -3.70. The molecule has 1 atom stereocenters. The minimum Gasteiger partial charge on any atom is -0.486 e. The molecule has 13 heteroatoms. The molecule has 5 rings (SSSR count). The molecule has 9 nitrogen and oxygen atoms in total. The highest BCUT2D eigenvalue weighted by atomic mass is 35.5. The molecule has 0 aliphatic carbocycles. The van der Waals surface area contributed by atoms with Crippen molar-refractivity contribution in [2.45, 2.75) is 12.5 Å². The summed E-state index contributed by atoms with van der Waals surface area (Å²) < 4.78 is 25.2. The van der Waals surface area contributed by atoms with Gasteiger partial charge in [-0.05, 0) is 30.3 Å². The molecule has 1 aliphatic rings. The van der Waals surface area contributed by atoms with Gasteiger partial charge in [-0.15, -0.1) is 0 Å². The van der Waals surface area contributed by atoms with E-state index in [1.807, 2.05) is 0 Å². The van der Waals surface area contributed by atoms with E-state index in [2.05, 4.69) is 31.1 Å². The Morgan fingerprint density at radius 1 is 1.13 bits per heavy atom. The van der Waals surface area contributed by atoms with Crippen molar-refractivity contribution in [2.75, 3.05) is 23.8 Å². The molecule has 3 aromatic carbocycles. The maximum Gasteiger partial charge on any atom is 0.339 e. The van der Waals surface area contributed by atoms with Gasteiger partial charge < -0.3 is 20.1 Å². The van der Waals surface area contributed by atoms with E-state index in [0.29, 0.717) is 69.1 Å². The zero-order valence-electron chi connectivity index (χ0n) is 20.1. The first-order valence-corrected chi connectivity index (χ1v) is 12.8. The average molecular weight is 590 g/mol. The lowest BCUT2D eigenvalue weighted by Crippen LogP contribution is -2.25. The van der Waals surface area contributed by atoms with E-state index in [1.165, 1.54) is 30.7 Å². The number of hydrogen-bond acceptors (Lipinski definition) is 7. The van der Waals surface area contributed by atoms with Crippen LogP contribution in [0.3, 0.4) is 0 Å². The molecule has 0 unspecified atom stereocenters. The van der Waals surface area contributed by atoms with E-state index in [-0.39, 0.29) is 11.1 Å². The Labute approximate surface area is 237 Å². The van der Waals surface area contributed by atoms with E-state index in [9.17, 15) is 9.18 Å². The third kappa shape index (κ3) is 6.48. The first-order chi connectivity index (χ1) is 18.9. The molecule has 2 amide bonds. The quantitative estimate of drug-likeness (QED) is 0.162. The fourth-order valence-electron chi connectivity index (χ4n) is 3.81. The maximum absolute atomic E-state index is 13.6. The number of rotatable bonds is 7. The topological polar surface area (TPSA) is 110 Å². The summed E-state index contributed by atoms with van der Waals surface area (Å²) >= 11 is 18.1. The van der Waals surface area contributed by atoms with Crippen LogP contribution in [0.2, 0.25) is 15.1 Å². The minimum absolute atomic E-state index is 0.0357. The first kappa shape index (κ1) is 26.9. The molecular formula is C26H20Cl3FN6O3. The second kappa shape index (κ2) is 12.0. The van der Waals surface area contributed by atoms with Gasteiger partial charge in [0.15, 0.2) is 0 Å². The zero-order chi connectivity index (χ0) is 27.4. The van der Waals surface area contributed by atoms with Crippen LogP contribution in [0.4, 0.5) is 26.4 Å². The van der Waals surface area contributed by atoms with Gasteiger partial charge in [-0.1, -0.05) is 46.9 Å². The molecule has 3 N–H and O–H groups in total. The van der Waals surface area contributed by atoms with Gasteiger partial charge in [0.2, 0.25) is 0 Å². The molecule has 0 spiro atoms. The van der Waals surface area contributed by atoms with E-state index >= 15 is 0 Å². The van der Waals surface area contributed by atoms with Crippen LogP contribution in [0.5, 0.6) is 5.75 Å². The number of amides is 2. The number of hydrazone groups is 1. The predicted molar refractivity (Wildman–Crippen MR) is 150 cm³/mol. The van der Waals surface area contributed by atoms with Crippen molar-refractivity contribution >= 4 is 75.1 Å². The number of carbonyl (C=O) groups is 1. The summed E-state index contributed by atoms with van der Waals surface area (Å²) in [6, 6.07) is 12.0. The van der Waals surface area contributed by atoms with Crippen molar-refractivity contribution in [3.63, 3.8) is 0 Å². The molecule has 1 aliphatic heterocycles. The summed E-state index contributed by atoms with van der Waals surface area (Å²) in [6.07, 6.45) is 3.28. The molecule has 200 valence electrons. The second-order valence-corrected chi connectivity index (χ2v) is 9.60. The third-order valence-corrected chi connectivity index (χ3v) is 6.82. The summed E-state index contributed by atoms with van der Waals surface area (Å²) in [4.78, 5) is 21.4. The molecule has 2 heterocycles. The highest BCUT2D eigenvalue weighted by Crippen LogP contribution is 2.35. The predicted octanol–water partition coefficient (Wildman–Crippen LogP) is 6.80. The molecule has 1 aromatic heterocycles. The summed E-state index contributed by atoms with van der Waals surface area (Å²) in [5.74, 6) is 0.269. The van der Waals surface area contributed by atoms with Crippen LogP contribution < -0.4 is 20.8 Å². The van der Waals surface area contributed by atoms with Crippen molar-refractivity contribution < 1.29 is 18.7 Å². The maximum atomic E-state index is 13.6. The van der Waals surface area contributed by atoms with Gasteiger partial charge in [0.25, 0.3) is 0 Å². The number of carbonyl (C=O) groups excluding carboxylic acids is 1. The van der Waals surface area contributed by atoms with E-state index in [4.69, 9.17) is 44.3 Å². The number of benzene rings is 3. The van der Waals surface area contributed by atoms with Crippen LogP contribution in [0.1, 0.15) is 12.0 Å². The smallest absolute Gasteiger partial charge is 0.339 e. The number of aromatic nitrogens is 2. The number of halogens is 4. The average Bonchev–Trinajstić information content (AvgIpc) is 3.42. The Bertz CT molecular complexity index is 1570. The Kier molecular flexibility index (Phi) is 8.27. The molecule has 4 aromatic rings. The van der Waals surface area contributed by atoms with Gasteiger partial charge >= 0.3 is 6.03 Å². The lowest BCUT2D eigenvalue weighted by Gasteiger charge is -2.18.